The first-order valence-corrected chi connectivity index (χ1v) is 5.71. The van der Waals surface area contributed by atoms with Crippen molar-refractivity contribution in [2.24, 2.45) is 10.9 Å². The van der Waals surface area contributed by atoms with Crippen LogP contribution in [0.1, 0.15) is 12.6 Å². The van der Waals surface area contributed by atoms with Gasteiger partial charge in [0.15, 0.2) is 0 Å². The Morgan fingerprint density at radius 2 is 2.24 bits per heavy atom. The van der Waals surface area contributed by atoms with Gasteiger partial charge in [-0.15, -0.1) is 0 Å². The van der Waals surface area contributed by atoms with Crippen molar-refractivity contribution < 1.29 is 5.11 Å². The van der Waals surface area contributed by atoms with Gasteiger partial charge in [0.25, 0.3) is 5.56 Å². The highest BCUT2D eigenvalue weighted by Gasteiger charge is 2.18. The molecule has 1 aromatic heterocycles. The first-order chi connectivity index (χ1) is 7.99. The first-order valence-electron chi connectivity index (χ1n) is 5.33. The number of aromatic nitrogens is 1. The fraction of sp³-hybridized carbons (Fsp3) is 0.333. The zero-order valence-electron chi connectivity index (χ0n) is 9.64. The molecule has 1 aromatic rings. The Morgan fingerprint density at radius 1 is 1.53 bits per heavy atom. The van der Waals surface area contributed by atoms with Crippen LogP contribution in [0.5, 0.6) is 5.75 Å². The fourth-order valence-electron chi connectivity index (χ4n) is 1.93. The number of aromatic hydroxyl groups is 1. The van der Waals surface area contributed by atoms with Gasteiger partial charge in [0, 0.05) is 29.9 Å². The summed E-state index contributed by atoms with van der Waals surface area (Å²) in [5.74, 6) is 0.103. The maximum atomic E-state index is 11.9. The predicted molar refractivity (Wildman–Crippen MR) is 68.7 cm³/mol. The van der Waals surface area contributed by atoms with E-state index in [0.717, 1.165) is 5.70 Å². The Labute approximate surface area is 104 Å². The molecular weight excluding hydrogens is 240 g/mol. The zero-order valence-corrected chi connectivity index (χ0v) is 10.4. The molecular formula is C12H13ClN2O2. The van der Waals surface area contributed by atoms with Gasteiger partial charge in [0.2, 0.25) is 0 Å². The third-order valence-corrected chi connectivity index (χ3v) is 2.98. The maximum absolute atomic E-state index is 11.9. The number of pyridine rings is 1. The minimum absolute atomic E-state index is 0.0208. The van der Waals surface area contributed by atoms with Gasteiger partial charge in [0.05, 0.1) is 0 Å². The lowest BCUT2D eigenvalue weighted by Crippen LogP contribution is -2.26. The van der Waals surface area contributed by atoms with Crippen molar-refractivity contribution in [3.05, 3.63) is 34.3 Å². The van der Waals surface area contributed by atoms with Crippen LogP contribution in [0.25, 0.3) is 5.70 Å². The van der Waals surface area contributed by atoms with Crippen LogP contribution in [-0.4, -0.2) is 21.4 Å². The fourth-order valence-corrected chi connectivity index (χ4v) is 2.11. The number of allylic oxidation sites excluding steroid dienone is 1. The van der Waals surface area contributed by atoms with Crippen LogP contribution in [0, 0.1) is 12.8 Å². The largest absolute Gasteiger partial charge is 0.508 e. The summed E-state index contributed by atoms with van der Waals surface area (Å²) in [6, 6.07) is 2.74. The molecule has 0 amide bonds. The minimum Gasteiger partial charge on any atom is -0.508 e. The van der Waals surface area contributed by atoms with E-state index >= 15 is 0 Å². The Morgan fingerprint density at radius 3 is 2.88 bits per heavy atom. The van der Waals surface area contributed by atoms with Gasteiger partial charge >= 0.3 is 0 Å². The summed E-state index contributed by atoms with van der Waals surface area (Å²) in [4.78, 5) is 16.0. The van der Waals surface area contributed by atoms with E-state index in [0.29, 0.717) is 17.4 Å². The smallest absolute Gasteiger partial charge is 0.258 e. The van der Waals surface area contributed by atoms with Gasteiger partial charge in [-0.25, -0.2) is 0 Å². The van der Waals surface area contributed by atoms with Gasteiger partial charge in [0.1, 0.15) is 10.9 Å². The van der Waals surface area contributed by atoms with Crippen LogP contribution in [-0.2, 0) is 0 Å². The highest BCUT2D eigenvalue weighted by atomic mass is 35.5. The molecule has 1 aliphatic heterocycles. The molecule has 1 atom stereocenters. The summed E-state index contributed by atoms with van der Waals surface area (Å²) >= 11 is 5.87. The summed E-state index contributed by atoms with van der Waals surface area (Å²) in [6.45, 7) is 4.32. The van der Waals surface area contributed by atoms with Crippen molar-refractivity contribution in [1.29, 1.82) is 0 Å². The molecule has 2 heterocycles. The third-order valence-electron chi connectivity index (χ3n) is 2.75. The Hall–Kier alpha value is -1.55. The second kappa shape index (κ2) is 4.37. The minimum atomic E-state index is -0.257. The van der Waals surface area contributed by atoms with Crippen LogP contribution >= 0.6 is 11.6 Å². The molecule has 0 fully saturated rings. The van der Waals surface area contributed by atoms with Gasteiger partial charge in [-0.05, 0) is 19.1 Å². The van der Waals surface area contributed by atoms with Gasteiger partial charge in [-0.1, -0.05) is 18.5 Å². The topological polar surface area (TPSA) is 54.6 Å². The maximum Gasteiger partial charge on any atom is 0.258 e. The molecule has 1 N–H and O–H groups in total. The number of hydrogen-bond acceptors (Lipinski definition) is 3. The standard InChI is InChI=1S/C12H13ClN2O2/c1-7-6-14-11(13)5-10(7)15-8(2)3-9(16)4-12(15)17/h3-5,7,16H,6H2,1-2H3. The second-order valence-electron chi connectivity index (χ2n) is 4.16. The van der Waals surface area contributed by atoms with Crippen LogP contribution in [0.3, 0.4) is 0 Å². The highest BCUT2D eigenvalue weighted by Crippen LogP contribution is 2.22. The SMILES string of the molecule is Cc1cc(O)cc(=O)n1C1=CC(Cl)=NCC1C. The van der Waals surface area contributed by atoms with Gasteiger partial charge < -0.3 is 5.11 Å². The summed E-state index contributed by atoms with van der Waals surface area (Å²) in [5, 5.41) is 9.75. The van der Waals surface area contributed by atoms with Crippen molar-refractivity contribution in [2.75, 3.05) is 6.54 Å². The van der Waals surface area contributed by atoms with Crippen molar-refractivity contribution in [3.8, 4) is 5.75 Å². The monoisotopic (exact) mass is 252 g/mol. The number of dihydropyridines is 1. The van der Waals surface area contributed by atoms with E-state index in [2.05, 4.69) is 4.99 Å². The van der Waals surface area contributed by atoms with E-state index < -0.39 is 0 Å². The third kappa shape index (κ3) is 2.26. The van der Waals surface area contributed by atoms with Crippen molar-refractivity contribution in [2.45, 2.75) is 13.8 Å². The lowest BCUT2D eigenvalue weighted by Gasteiger charge is -2.21. The molecule has 0 saturated heterocycles. The number of aliphatic imine (C=N–C) groups is 1. The summed E-state index contributed by atoms with van der Waals surface area (Å²) < 4.78 is 1.56. The molecule has 2 rings (SSSR count). The van der Waals surface area contributed by atoms with Crippen LogP contribution in [0.15, 0.2) is 28.0 Å². The van der Waals surface area contributed by atoms with E-state index in [4.69, 9.17) is 11.6 Å². The molecule has 0 radical (unpaired) electrons. The quantitative estimate of drug-likeness (QED) is 0.831. The van der Waals surface area contributed by atoms with Crippen molar-refractivity contribution >= 4 is 22.5 Å². The van der Waals surface area contributed by atoms with Crippen LogP contribution in [0.4, 0.5) is 0 Å². The number of halogens is 1. The number of hydrogen-bond donors (Lipinski definition) is 1. The van der Waals surface area contributed by atoms with E-state index in [1.165, 1.54) is 6.07 Å². The number of nitrogens with zero attached hydrogens (tertiary/aromatic N) is 2. The highest BCUT2D eigenvalue weighted by molar-refractivity contribution is 6.69. The molecule has 0 aliphatic carbocycles. The van der Waals surface area contributed by atoms with E-state index in [-0.39, 0.29) is 17.2 Å². The van der Waals surface area contributed by atoms with Gasteiger partial charge in [-0.3, -0.25) is 14.4 Å². The van der Waals surface area contributed by atoms with Gasteiger partial charge in [-0.2, -0.15) is 0 Å². The average Bonchev–Trinajstić information content (AvgIpc) is 2.21. The second-order valence-corrected chi connectivity index (χ2v) is 4.55. The van der Waals surface area contributed by atoms with E-state index in [1.807, 2.05) is 6.92 Å². The summed E-state index contributed by atoms with van der Waals surface area (Å²) in [7, 11) is 0. The predicted octanol–water partition coefficient (Wildman–Crippen LogP) is 1.99. The molecule has 17 heavy (non-hydrogen) atoms. The zero-order chi connectivity index (χ0) is 12.6. The molecule has 0 aromatic carbocycles. The molecule has 90 valence electrons. The number of rotatable bonds is 1. The molecule has 5 heteroatoms. The number of aryl methyl sites for hydroxylation is 1. The molecule has 1 aliphatic rings. The summed E-state index contributed by atoms with van der Waals surface area (Å²) in [5.41, 5.74) is 1.24. The van der Waals surface area contributed by atoms with Crippen molar-refractivity contribution in [3.63, 3.8) is 0 Å². The molecule has 0 saturated carbocycles. The lowest BCUT2D eigenvalue weighted by molar-refractivity contribution is 0.471. The normalized spacial score (nSPS) is 19.8. The molecule has 0 spiro atoms. The van der Waals surface area contributed by atoms with E-state index in [9.17, 15) is 9.90 Å². The Kier molecular flexibility index (Phi) is 3.07. The van der Waals surface area contributed by atoms with Crippen molar-refractivity contribution in [1.82, 2.24) is 4.57 Å². The van der Waals surface area contributed by atoms with Crippen LogP contribution < -0.4 is 5.56 Å². The summed E-state index contributed by atoms with van der Waals surface area (Å²) in [6.07, 6.45) is 1.70. The van der Waals surface area contributed by atoms with Crippen LogP contribution in [0.2, 0.25) is 0 Å². The molecule has 4 nitrogen and oxygen atoms in total. The molecule has 1 unspecified atom stereocenters. The first kappa shape index (κ1) is 11.9. The van der Waals surface area contributed by atoms with E-state index in [1.54, 1.807) is 23.6 Å². The Balaban J connectivity index is 2.62. The Bertz CT molecular complexity index is 572. The average molecular weight is 253 g/mol. The molecule has 0 bridgehead atoms. The lowest BCUT2D eigenvalue weighted by atomic mass is 10.1.